The molecule has 0 fully saturated rings. The summed E-state index contributed by atoms with van der Waals surface area (Å²) in [5.41, 5.74) is 5.97. The Morgan fingerprint density at radius 3 is 2.40 bits per heavy atom. The van der Waals surface area contributed by atoms with Gasteiger partial charge in [-0.1, -0.05) is 26.7 Å². The van der Waals surface area contributed by atoms with Crippen LogP contribution in [0, 0.1) is 5.92 Å². The molecule has 0 aromatic rings. The van der Waals surface area contributed by atoms with Crippen LogP contribution in [0.2, 0.25) is 0 Å². The Balaban J connectivity index is 3.33. The predicted molar refractivity (Wildman–Crippen MR) is 66.0 cm³/mol. The number of rotatable bonds is 10. The first-order valence-corrected chi connectivity index (χ1v) is 6.19. The van der Waals surface area contributed by atoms with Crippen molar-refractivity contribution in [2.24, 2.45) is 11.7 Å². The number of nitrogens with one attached hydrogen (secondary N) is 1. The van der Waals surface area contributed by atoms with Crippen molar-refractivity contribution < 1.29 is 4.74 Å². The van der Waals surface area contributed by atoms with Crippen LogP contribution in [-0.4, -0.2) is 32.8 Å². The van der Waals surface area contributed by atoms with Gasteiger partial charge in [-0.05, 0) is 25.3 Å². The van der Waals surface area contributed by atoms with E-state index in [0.29, 0.717) is 0 Å². The zero-order chi connectivity index (χ0) is 11.5. The normalized spacial score (nSPS) is 13.4. The summed E-state index contributed by atoms with van der Waals surface area (Å²) in [4.78, 5) is 0. The van der Waals surface area contributed by atoms with Crippen LogP contribution in [0.4, 0.5) is 0 Å². The second-order valence-electron chi connectivity index (χ2n) is 4.24. The van der Waals surface area contributed by atoms with Crippen LogP contribution in [-0.2, 0) is 4.74 Å². The summed E-state index contributed by atoms with van der Waals surface area (Å²) in [6.45, 7) is 7.34. The first-order valence-electron chi connectivity index (χ1n) is 6.19. The summed E-state index contributed by atoms with van der Waals surface area (Å²) >= 11 is 0. The fourth-order valence-electron chi connectivity index (χ4n) is 1.64. The van der Waals surface area contributed by atoms with E-state index in [0.717, 1.165) is 38.5 Å². The van der Waals surface area contributed by atoms with Crippen molar-refractivity contribution in [3.05, 3.63) is 0 Å². The van der Waals surface area contributed by atoms with Gasteiger partial charge in [-0.2, -0.15) is 0 Å². The van der Waals surface area contributed by atoms with E-state index in [1.165, 1.54) is 12.8 Å². The third-order valence-electron chi connectivity index (χ3n) is 2.92. The molecule has 0 aliphatic carbocycles. The standard InChI is InChI=1S/C12H28N2O/c1-4-11(5-2)9-14-10-12(13)7-6-8-15-3/h11-12,14H,4-10,13H2,1-3H3. The minimum Gasteiger partial charge on any atom is -0.385 e. The lowest BCUT2D eigenvalue weighted by molar-refractivity contribution is 0.190. The van der Waals surface area contributed by atoms with Crippen molar-refractivity contribution in [2.75, 3.05) is 26.8 Å². The molecule has 0 aliphatic rings. The molecule has 92 valence electrons. The molecule has 15 heavy (non-hydrogen) atoms. The van der Waals surface area contributed by atoms with Crippen LogP contribution in [0.3, 0.4) is 0 Å². The highest BCUT2D eigenvalue weighted by molar-refractivity contribution is 4.66. The van der Waals surface area contributed by atoms with Gasteiger partial charge < -0.3 is 15.8 Å². The Hall–Kier alpha value is -0.120. The van der Waals surface area contributed by atoms with Crippen LogP contribution in [0.15, 0.2) is 0 Å². The molecular weight excluding hydrogens is 188 g/mol. The molecule has 0 spiro atoms. The molecule has 1 atom stereocenters. The summed E-state index contributed by atoms with van der Waals surface area (Å²) < 4.78 is 4.99. The number of methoxy groups -OCH3 is 1. The molecule has 3 heteroatoms. The molecule has 3 N–H and O–H groups in total. The minimum atomic E-state index is 0.273. The van der Waals surface area contributed by atoms with E-state index < -0.39 is 0 Å². The molecule has 0 heterocycles. The average molecular weight is 216 g/mol. The Kier molecular flexibility index (Phi) is 10.3. The summed E-state index contributed by atoms with van der Waals surface area (Å²) in [6, 6.07) is 0.273. The molecule has 0 rings (SSSR count). The molecule has 3 nitrogen and oxygen atoms in total. The Labute approximate surface area is 94.8 Å². The zero-order valence-electron chi connectivity index (χ0n) is 10.6. The van der Waals surface area contributed by atoms with Gasteiger partial charge in [0.15, 0.2) is 0 Å². The molecule has 0 saturated heterocycles. The zero-order valence-corrected chi connectivity index (χ0v) is 10.6. The maximum absolute atomic E-state index is 5.97. The predicted octanol–water partition coefficient (Wildman–Crippen LogP) is 1.77. The van der Waals surface area contributed by atoms with Crippen molar-refractivity contribution in [3.8, 4) is 0 Å². The first-order chi connectivity index (χ1) is 7.24. The second-order valence-corrected chi connectivity index (χ2v) is 4.24. The smallest absolute Gasteiger partial charge is 0.0462 e. The maximum Gasteiger partial charge on any atom is 0.0462 e. The Morgan fingerprint density at radius 1 is 1.20 bits per heavy atom. The van der Waals surface area contributed by atoms with Gasteiger partial charge in [0.25, 0.3) is 0 Å². The number of hydrogen-bond donors (Lipinski definition) is 2. The van der Waals surface area contributed by atoms with E-state index in [4.69, 9.17) is 10.5 Å². The van der Waals surface area contributed by atoms with E-state index in [9.17, 15) is 0 Å². The molecule has 0 aromatic carbocycles. The van der Waals surface area contributed by atoms with Crippen LogP contribution in [0.1, 0.15) is 39.5 Å². The fourth-order valence-corrected chi connectivity index (χ4v) is 1.64. The summed E-state index contributed by atoms with van der Waals surface area (Å²) in [5, 5.41) is 3.45. The lowest BCUT2D eigenvalue weighted by atomic mass is 10.0. The highest BCUT2D eigenvalue weighted by atomic mass is 16.5. The van der Waals surface area contributed by atoms with Gasteiger partial charge in [-0.25, -0.2) is 0 Å². The van der Waals surface area contributed by atoms with Gasteiger partial charge in [-0.3, -0.25) is 0 Å². The van der Waals surface area contributed by atoms with Crippen LogP contribution in [0.25, 0.3) is 0 Å². The van der Waals surface area contributed by atoms with E-state index in [1.54, 1.807) is 7.11 Å². The number of nitrogens with two attached hydrogens (primary N) is 1. The number of hydrogen-bond acceptors (Lipinski definition) is 3. The quantitative estimate of drug-likeness (QED) is 0.547. The molecule has 0 bridgehead atoms. The summed E-state index contributed by atoms with van der Waals surface area (Å²) in [6.07, 6.45) is 4.61. The third kappa shape index (κ3) is 8.85. The average Bonchev–Trinajstić information content (AvgIpc) is 2.25. The van der Waals surface area contributed by atoms with Crippen LogP contribution < -0.4 is 11.1 Å². The van der Waals surface area contributed by atoms with E-state index in [-0.39, 0.29) is 6.04 Å². The van der Waals surface area contributed by atoms with Crippen molar-refractivity contribution >= 4 is 0 Å². The largest absolute Gasteiger partial charge is 0.385 e. The lowest BCUT2D eigenvalue weighted by Gasteiger charge is -2.16. The van der Waals surface area contributed by atoms with Gasteiger partial charge in [-0.15, -0.1) is 0 Å². The van der Waals surface area contributed by atoms with Crippen molar-refractivity contribution in [1.29, 1.82) is 0 Å². The molecule has 0 radical (unpaired) electrons. The topological polar surface area (TPSA) is 47.3 Å². The summed E-state index contributed by atoms with van der Waals surface area (Å²) in [5.74, 6) is 0.802. The fraction of sp³-hybridized carbons (Fsp3) is 1.00. The maximum atomic E-state index is 5.97. The monoisotopic (exact) mass is 216 g/mol. The first kappa shape index (κ1) is 14.9. The van der Waals surface area contributed by atoms with E-state index >= 15 is 0 Å². The van der Waals surface area contributed by atoms with Crippen LogP contribution >= 0.6 is 0 Å². The van der Waals surface area contributed by atoms with Crippen molar-refractivity contribution in [3.63, 3.8) is 0 Å². The lowest BCUT2D eigenvalue weighted by Crippen LogP contribution is -2.36. The van der Waals surface area contributed by atoms with Gasteiger partial charge in [0.2, 0.25) is 0 Å². The molecule has 1 unspecified atom stereocenters. The Bertz CT molecular complexity index is 127. The molecule has 0 aromatic heterocycles. The minimum absolute atomic E-state index is 0.273. The van der Waals surface area contributed by atoms with Gasteiger partial charge in [0.05, 0.1) is 0 Å². The summed E-state index contributed by atoms with van der Waals surface area (Å²) in [7, 11) is 1.73. The molecular formula is C12H28N2O. The highest BCUT2D eigenvalue weighted by Crippen LogP contribution is 2.05. The van der Waals surface area contributed by atoms with Crippen molar-refractivity contribution in [2.45, 2.75) is 45.6 Å². The highest BCUT2D eigenvalue weighted by Gasteiger charge is 2.05. The second kappa shape index (κ2) is 10.4. The molecule has 0 amide bonds. The molecule has 0 aliphatic heterocycles. The van der Waals surface area contributed by atoms with Gasteiger partial charge >= 0.3 is 0 Å². The van der Waals surface area contributed by atoms with Crippen molar-refractivity contribution in [1.82, 2.24) is 5.32 Å². The Morgan fingerprint density at radius 2 is 1.87 bits per heavy atom. The molecule has 0 saturated carbocycles. The number of ether oxygens (including phenoxy) is 1. The van der Waals surface area contributed by atoms with Gasteiger partial charge in [0.1, 0.15) is 0 Å². The third-order valence-corrected chi connectivity index (χ3v) is 2.92. The van der Waals surface area contributed by atoms with E-state index in [2.05, 4.69) is 19.2 Å². The van der Waals surface area contributed by atoms with E-state index in [1.807, 2.05) is 0 Å². The van der Waals surface area contributed by atoms with Crippen LogP contribution in [0.5, 0.6) is 0 Å². The SMILES string of the molecule is CCC(CC)CNCC(N)CCCOC. The van der Waals surface area contributed by atoms with Gasteiger partial charge in [0, 0.05) is 26.3 Å².